The first-order chi connectivity index (χ1) is 9.61. The Labute approximate surface area is 127 Å². The zero-order valence-electron chi connectivity index (χ0n) is 11.6. The summed E-state index contributed by atoms with van der Waals surface area (Å²) in [7, 11) is 1.67. The maximum Gasteiger partial charge on any atom is 0.123 e. The smallest absolute Gasteiger partial charge is 0.123 e. The van der Waals surface area contributed by atoms with Crippen LogP contribution in [0.3, 0.4) is 0 Å². The van der Waals surface area contributed by atoms with Crippen molar-refractivity contribution >= 4 is 15.9 Å². The minimum absolute atomic E-state index is 0.129. The van der Waals surface area contributed by atoms with Crippen LogP contribution >= 0.6 is 15.9 Å². The quantitative estimate of drug-likeness (QED) is 0.867. The number of halogens is 1. The fourth-order valence-electron chi connectivity index (χ4n) is 2.09. The van der Waals surface area contributed by atoms with Gasteiger partial charge in [-0.2, -0.15) is 0 Å². The molecule has 0 spiro atoms. The highest BCUT2D eigenvalue weighted by atomic mass is 79.9. The highest BCUT2D eigenvalue weighted by Crippen LogP contribution is 2.26. The fourth-order valence-corrected chi connectivity index (χ4v) is 2.50. The van der Waals surface area contributed by atoms with Crippen LogP contribution in [-0.2, 0) is 6.54 Å². The number of aromatic hydroxyl groups is 1. The van der Waals surface area contributed by atoms with Crippen LogP contribution in [0.4, 0.5) is 0 Å². The van der Waals surface area contributed by atoms with Crippen molar-refractivity contribution in [1.82, 2.24) is 5.32 Å². The number of hydrogen-bond acceptors (Lipinski definition) is 3. The Morgan fingerprint density at radius 2 is 2.00 bits per heavy atom. The van der Waals surface area contributed by atoms with E-state index in [0.717, 1.165) is 21.3 Å². The molecule has 0 aliphatic heterocycles. The van der Waals surface area contributed by atoms with Gasteiger partial charge in [-0.25, -0.2) is 0 Å². The lowest BCUT2D eigenvalue weighted by Crippen LogP contribution is -2.18. The van der Waals surface area contributed by atoms with Gasteiger partial charge in [-0.05, 0) is 31.2 Å². The molecule has 0 unspecified atom stereocenters. The van der Waals surface area contributed by atoms with Gasteiger partial charge in [-0.1, -0.05) is 34.1 Å². The minimum atomic E-state index is 0.129. The van der Waals surface area contributed by atoms with Crippen LogP contribution in [0.2, 0.25) is 0 Å². The summed E-state index contributed by atoms with van der Waals surface area (Å²) in [6, 6.07) is 13.5. The SMILES string of the molecule is COc1ccccc1[C@H](C)NCc1cc(Br)ccc1O. The molecule has 1 atom stereocenters. The number of rotatable bonds is 5. The summed E-state index contributed by atoms with van der Waals surface area (Å²) in [5.41, 5.74) is 1.96. The number of hydrogen-bond donors (Lipinski definition) is 2. The Balaban J connectivity index is 2.08. The molecule has 0 saturated heterocycles. The van der Waals surface area contributed by atoms with Gasteiger partial charge in [0.05, 0.1) is 7.11 Å². The average molecular weight is 336 g/mol. The molecular weight excluding hydrogens is 318 g/mol. The Bertz CT molecular complexity index is 586. The number of methoxy groups -OCH3 is 1. The minimum Gasteiger partial charge on any atom is -0.508 e. The maximum atomic E-state index is 9.83. The summed E-state index contributed by atoms with van der Waals surface area (Å²) in [6.07, 6.45) is 0. The first-order valence-corrected chi connectivity index (χ1v) is 7.25. The molecule has 0 heterocycles. The lowest BCUT2D eigenvalue weighted by Gasteiger charge is -2.17. The first-order valence-electron chi connectivity index (χ1n) is 6.45. The second-order valence-electron chi connectivity index (χ2n) is 4.62. The van der Waals surface area contributed by atoms with E-state index < -0.39 is 0 Å². The van der Waals surface area contributed by atoms with Crippen LogP contribution in [0, 0.1) is 0 Å². The first kappa shape index (κ1) is 14.9. The zero-order chi connectivity index (χ0) is 14.5. The standard InChI is InChI=1S/C16H18BrNO2/c1-11(14-5-3-4-6-16(14)20-2)18-10-12-9-13(17)7-8-15(12)19/h3-9,11,18-19H,10H2,1-2H3/t11-/m0/s1. The molecule has 0 aromatic heterocycles. The lowest BCUT2D eigenvalue weighted by molar-refractivity contribution is 0.401. The van der Waals surface area contributed by atoms with E-state index in [1.54, 1.807) is 13.2 Å². The van der Waals surface area contributed by atoms with Gasteiger partial charge in [-0.15, -0.1) is 0 Å². The molecule has 20 heavy (non-hydrogen) atoms. The van der Waals surface area contributed by atoms with Crippen molar-refractivity contribution in [2.45, 2.75) is 19.5 Å². The summed E-state index contributed by atoms with van der Waals surface area (Å²) in [5.74, 6) is 1.17. The molecule has 0 radical (unpaired) electrons. The van der Waals surface area contributed by atoms with Crippen molar-refractivity contribution in [3.63, 3.8) is 0 Å². The molecule has 2 aromatic carbocycles. The van der Waals surface area contributed by atoms with E-state index in [4.69, 9.17) is 4.74 Å². The molecule has 2 N–H and O–H groups in total. The number of phenols is 1. The number of benzene rings is 2. The van der Waals surface area contributed by atoms with Crippen molar-refractivity contribution in [3.05, 3.63) is 58.1 Å². The predicted octanol–water partition coefficient (Wildman–Crippen LogP) is 4.01. The molecule has 0 aliphatic carbocycles. The molecule has 3 nitrogen and oxygen atoms in total. The molecule has 0 saturated carbocycles. The van der Waals surface area contributed by atoms with Crippen LogP contribution in [0.1, 0.15) is 24.1 Å². The van der Waals surface area contributed by atoms with Crippen molar-refractivity contribution in [2.24, 2.45) is 0 Å². The number of phenolic OH excluding ortho intramolecular Hbond substituents is 1. The fraction of sp³-hybridized carbons (Fsp3) is 0.250. The van der Waals surface area contributed by atoms with Crippen LogP contribution in [0.5, 0.6) is 11.5 Å². The van der Waals surface area contributed by atoms with Crippen LogP contribution in [0.15, 0.2) is 46.9 Å². The normalized spacial score (nSPS) is 12.2. The number of para-hydroxylation sites is 1. The van der Waals surface area contributed by atoms with E-state index in [1.807, 2.05) is 36.4 Å². The second kappa shape index (κ2) is 6.77. The van der Waals surface area contributed by atoms with E-state index in [1.165, 1.54) is 0 Å². The molecule has 4 heteroatoms. The monoisotopic (exact) mass is 335 g/mol. The Kier molecular flexibility index (Phi) is 5.04. The second-order valence-corrected chi connectivity index (χ2v) is 5.53. The van der Waals surface area contributed by atoms with Gasteiger partial charge in [-0.3, -0.25) is 0 Å². The molecular formula is C16H18BrNO2. The third kappa shape index (κ3) is 3.52. The zero-order valence-corrected chi connectivity index (χ0v) is 13.1. The van der Waals surface area contributed by atoms with E-state index in [2.05, 4.69) is 28.2 Å². The van der Waals surface area contributed by atoms with Crippen molar-refractivity contribution < 1.29 is 9.84 Å². The summed E-state index contributed by atoms with van der Waals surface area (Å²) < 4.78 is 6.32. The summed E-state index contributed by atoms with van der Waals surface area (Å²) in [6.45, 7) is 2.66. The molecule has 0 amide bonds. The molecule has 2 rings (SSSR count). The highest BCUT2D eigenvalue weighted by Gasteiger charge is 2.11. The van der Waals surface area contributed by atoms with Gasteiger partial charge in [0, 0.05) is 28.2 Å². The lowest BCUT2D eigenvalue weighted by atomic mass is 10.1. The summed E-state index contributed by atoms with van der Waals surface area (Å²) in [5, 5.41) is 13.2. The predicted molar refractivity (Wildman–Crippen MR) is 84.1 cm³/mol. The topological polar surface area (TPSA) is 41.5 Å². The van der Waals surface area contributed by atoms with Gasteiger partial charge in [0.25, 0.3) is 0 Å². The number of ether oxygens (including phenoxy) is 1. The van der Waals surface area contributed by atoms with Gasteiger partial charge < -0.3 is 15.2 Å². The van der Waals surface area contributed by atoms with Crippen molar-refractivity contribution in [1.29, 1.82) is 0 Å². The molecule has 0 aliphatic rings. The van der Waals surface area contributed by atoms with Gasteiger partial charge in [0.15, 0.2) is 0 Å². The highest BCUT2D eigenvalue weighted by molar-refractivity contribution is 9.10. The van der Waals surface area contributed by atoms with Crippen LogP contribution < -0.4 is 10.1 Å². The Morgan fingerprint density at radius 1 is 1.25 bits per heavy atom. The molecule has 0 bridgehead atoms. The van der Waals surface area contributed by atoms with E-state index in [9.17, 15) is 5.11 Å². The van der Waals surface area contributed by atoms with Gasteiger partial charge >= 0.3 is 0 Å². The number of nitrogens with one attached hydrogen (secondary N) is 1. The molecule has 2 aromatic rings. The maximum absolute atomic E-state index is 9.83. The third-order valence-corrected chi connectivity index (χ3v) is 3.74. The molecule has 106 valence electrons. The van der Waals surface area contributed by atoms with Crippen molar-refractivity contribution in [3.8, 4) is 11.5 Å². The summed E-state index contributed by atoms with van der Waals surface area (Å²) >= 11 is 3.41. The summed E-state index contributed by atoms with van der Waals surface area (Å²) in [4.78, 5) is 0. The van der Waals surface area contributed by atoms with E-state index in [0.29, 0.717) is 12.3 Å². The molecule has 0 fully saturated rings. The van der Waals surface area contributed by atoms with Crippen LogP contribution in [0.25, 0.3) is 0 Å². The average Bonchev–Trinajstić information content (AvgIpc) is 2.47. The van der Waals surface area contributed by atoms with Crippen LogP contribution in [-0.4, -0.2) is 12.2 Å². The van der Waals surface area contributed by atoms with Gasteiger partial charge in [0.1, 0.15) is 11.5 Å². The Morgan fingerprint density at radius 3 is 2.75 bits per heavy atom. The van der Waals surface area contributed by atoms with E-state index >= 15 is 0 Å². The van der Waals surface area contributed by atoms with Gasteiger partial charge in [0.2, 0.25) is 0 Å². The van der Waals surface area contributed by atoms with E-state index in [-0.39, 0.29) is 6.04 Å². The largest absolute Gasteiger partial charge is 0.508 e. The van der Waals surface area contributed by atoms with Crippen molar-refractivity contribution in [2.75, 3.05) is 7.11 Å². The Hall–Kier alpha value is -1.52. The third-order valence-electron chi connectivity index (χ3n) is 3.25.